The van der Waals surface area contributed by atoms with Crippen LogP contribution in [0.1, 0.15) is 61.8 Å². The van der Waals surface area contributed by atoms with E-state index in [-0.39, 0.29) is 23.7 Å². The number of rotatable bonds is 5. The number of aromatic hydroxyl groups is 1. The summed E-state index contributed by atoms with van der Waals surface area (Å²) in [6.07, 6.45) is 6.52. The van der Waals surface area contributed by atoms with Crippen molar-refractivity contribution in [3.8, 4) is 11.5 Å². The number of hydrogen-bond donors (Lipinski definition) is 3. The van der Waals surface area contributed by atoms with E-state index in [1.165, 1.54) is 18.4 Å². The predicted molar refractivity (Wildman–Crippen MR) is 124 cm³/mol. The summed E-state index contributed by atoms with van der Waals surface area (Å²) >= 11 is 0. The fourth-order valence-corrected chi connectivity index (χ4v) is 7.60. The maximum absolute atomic E-state index is 13.2. The van der Waals surface area contributed by atoms with Gasteiger partial charge in [-0.1, -0.05) is 6.07 Å². The van der Waals surface area contributed by atoms with Crippen LogP contribution >= 0.6 is 0 Å². The molecule has 3 fully saturated rings. The highest BCUT2D eigenvalue weighted by Gasteiger charge is 2.73. The van der Waals surface area contributed by atoms with Crippen LogP contribution in [0.5, 0.6) is 11.5 Å². The van der Waals surface area contributed by atoms with Crippen molar-refractivity contribution in [1.82, 2.24) is 10.2 Å². The van der Waals surface area contributed by atoms with Crippen LogP contribution < -0.4 is 10.1 Å². The number of nitrogens with zero attached hydrogens (tertiary/aromatic N) is 1. The van der Waals surface area contributed by atoms with Crippen molar-refractivity contribution in [2.45, 2.75) is 80.6 Å². The maximum atomic E-state index is 13.2. The molecule has 1 aromatic carbocycles. The molecule has 7 nitrogen and oxygen atoms in total. The van der Waals surface area contributed by atoms with Crippen LogP contribution in [0.25, 0.3) is 0 Å². The van der Waals surface area contributed by atoms with E-state index in [0.717, 1.165) is 37.4 Å². The SMILES string of the molecule is CC(C(=O)N[C@H]1CC[C@@]2(O)[C@H]3Cc4ccc(O)c5c4[C@@]2(CCN3CC2CC2)[C@H]1O5)c1ccco1. The Morgan fingerprint density at radius 3 is 2.88 bits per heavy atom. The number of furan rings is 1. The Balaban J connectivity index is 1.27. The fourth-order valence-electron chi connectivity index (χ4n) is 7.60. The van der Waals surface area contributed by atoms with Crippen LogP contribution in [0.2, 0.25) is 0 Å². The third-order valence-electron chi connectivity index (χ3n) is 9.45. The Morgan fingerprint density at radius 2 is 2.12 bits per heavy atom. The highest BCUT2D eigenvalue weighted by molar-refractivity contribution is 5.83. The number of phenols is 1. The normalized spacial score (nSPS) is 36.5. The predicted octanol–water partition coefficient (Wildman–Crippen LogP) is 2.84. The number of carbonyl (C=O) groups excluding carboxylic acids is 1. The molecule has 180 valence electrons. The smallest absolute Gasteiger partial charge is 0.230 e. The van der Waals surface area contributed by atoms with Gasteiger partial charge in [0.15, 0.2) is 11.5 Å². The molecule has 2 saturated carbocycles. The van der Waals surface area contributed by atoms with Gasteiger partial charge in [-0.2, -0.15) is 0 Å². The summed E-state index contributed by atoms with van der Waals surface area (Å²) in [7, 11) is 0. The van der Waals surface area contributed by atoms with Crippen LogP contribution in [0, 0.1) is 5.92 Å². The molecule has 2 aliphatic heterocycles. The quantitative estimate of drug-likeness (QED) is 0.630. The average Bonchev–Trinajstić information content (AvgIpc) is 3.32. The van der Waals surface area contributed by atoms with Crippen molar-refractivity contribution >= 4 is 5.91 Å². The first-order valence-electron chi connectivity index (χ1n) is 12.7. The molecule has 34 heavy (non-hydrogen) atoms. The van der Waals surface area contributed by atoms with E-state index in [9.17, 15) is 15.0 Å². The van der Waals surface area contributed by atoms with Gasteiger partial charge in [0.05, 0.1) is 29.2 Å². The lowest BCUT2D eigenvalue weighted by Crippen LogP contribution is -2.78. The van der Waals surface area contributed by atoms with Crippen LogP contribution in [0.15, 0.2) is 34.9 Å². The molecule has 1 saturated heterocycles. The number of aliphatic hydroxyl groups is 1. The summed E-state index contributed by atoms with van der Waals surface area (Å²) in [6.45, 7) is 3.80. The topological polar surface area (TPSA) is 95.2 Å². The van der Waals surface area contributed by atoms with E-state index >= 15 is 0 Å². The largest absolute Gasteiger partial charge is 0.504 e. The molecule has 3 aliphatic carbocycles. The standard InChI is InChI=1S/C27H32N2O5/c1-15(20-3-2-12-33-20)25(31)28-18-8-9-27(32)21-13-17-6-7-19(30)23-22(17)26(27,24(18)34-23)10-11-29(21)14-16-4-5-16/h2-3,6-7,12,15-16,18,21,24,30,32H,4-5,8-11,13-14H2,1H3,(H,28,31)/t15?,18-,21+,24-,26-,27+/m0/s1. The molecule has 1 unspecified atom stereocenters. The van der Waals surface area contributed by atoms with Crippen molar-refractivity contribution in [1.29, 1.82) is 0 Å². The summed E-state index contributed by atoms with van der Waals surface area (Å²) in [5.74, 6) is 1.49. The monoisotopic (exact) mass is 464 g/mol. The second-order valence-corrected chi connectivity index (χ2v) is 11.2. The molecule has 2 bridgehead atoms. The van der Waals surface area contributed by atoms with E-state index in [2.05, 4.69) is 10.2 Å². The van der Waals surface area contributed by atoms with Gasteiger partial charge in [-0.15, -0.1) is 0 Å². The summed E-state index contributed by atoms with van der Waals surface area (Å²) in [5, 5.41) is 26.5. The number of nitrogens with one attached hydrogen (secondary N) is 1. The minimum absolute atomic E-state index is 0.0367. The number of amides is 1. The number of benzene rings is 1. The highest BCUT2D eigenvalue weighted by Crippen LogP contribution is 2.65. The van der Waals surface area contributed by atoms with Gasteiger partial charge < -0.3 is 24.7 Å². The number of hydrogen-bond acceptors (Lipinski definition) is 6. The van der Waals surface area contributed by atoms with Gasteiger partial charge in [0, 0.05) is 18.2 Å². The number of ether oxygens (including phenoxy) is 1. The molecular weight excluding hydrogens is 432 g/mol. The van der Waals surface area contributed by atoms with Crippen molar-refractivity contribution in [2.75, 3.05) is 13.1 Å². The summed E-state index contributed by atoms with van der Waals surface area (Å²) in [5.41, 5.74) is 0.593. The van der Waals surface area contributed by atoms with Gasteiger partial charge >= 0.3 is 0 Å². The highest BCUT2D eigenvalue weighted by atomic mass is 16.5. The molecule has 3 heterocycles. The lowest BCUT2D eigenvalue weighted by atomic mass is 9.48. The fraction of sp³-hybridized carbons (Fsp3) is 0.593. The minimum Gasteiger partial charge on any atom is -0.504 e. The lowest BCUT2D eigenvalue weighted by molar-refractivity contribution is -0.192. The molecular formula is C27H32N2O5. The zero-order valence-electron chi connectivity index (χ0n) is 19.5. The molecule has 1 aromatic heterocycles. The molecule has 3 N–H and O–H groups in total. The molecule has 7 rings (SSSR count). The summed E-state index contributed by atoms with van der Waals surface area (Å²) in [4.78, 5) is 15.7. The molecule has 5 aliphatic rings. The molecule has 2 aromatic rings. The maximum Gasteiger partial charge on any atom is 0.230 e. The minimum atomic E-state index is -0.940. The number of phenolic OH excluding ortho intramolecular Hbond substituents is 1. The summed E-state index contributed by atoms with van der Waals surface area (Å²) < 4.78 is 12.0. The Bertz CT molecular complexity index is 1140. The van der Waals surface area contributed by atoms with Gasteiger partial charge in [0.25, 0.3) is 0 Å². The first kappa shape index (κ1) is 20.8. The van der Waals surface area contributed by atoms with E-state index in [1.807, 2.05) is 19.1 Å². The Morgan fingerprint density at radius 1 is 1.26 bits per heavy atom. The molecule has 1 spiro atoms. The molecule has 7 heteroatoms. The number of piperidine rings is 1. The van der Waals surface area contributed by atoms with Crippen LogP contribution in [-0.2, 0) is 16.6 Å². The van der Waals surface area contributed by atoms with E-state index < -0.39 is 23.0 Å². The second kappa shape index (κ2) is 7.01. The van der Waals surface area contributed by atoms with Crippen molar-refractivity contribution in [3.63, 3.8) is 0 Å². The van der Waals surface area contributed by atoms with Crippen LogP contribution in [-0.4, -0.2) is 57.9 Å². The summed E-state index contributed by atoms with van der Waals surface area (Å²) in [6, 6.07) is 7.12. The second-order valence-electron chi connectivity index (χ2n) is 11.2. The lowest BCUT2D eigenvalue weighted by Gasteiger charge is -2.64. The first-order valence-corrected chi connectivity index (χ1v) is 12.7. The average molecular weight is 465 g/mol. The van der Waals surface area contributed by atoms with E-state index in [1.54, 1.807) is 18.4 Å². The number of likely N-dealkylation sites (tertiary alicyclic amines) is 1. The Kier molecular flexibility index (Phi) is 4.30. The van der Waals surface area contributed by atoms with Crippen molar-refractivity contribution in [3.05, 3.63) is 47.4 Å². The first-order chi connectivity index (χ1) is 16.4. The van der Waals surface area contributed by atoms with Crippen LogP contribution in [0.3, 0.4) is 0 Å². The Labute approximate surface area is 199 Å². The molecule has 0 radical (unpaired) electrons. The van der Waals surface area contributed by atoms with Gasteiger partial charge in [-0.25, -0.2) is 0 Å². The Hall–Kier alpha value is -2.51. The number of carbonyl (C=O) groups is 1. The third kappa shape index (κ3) is 2.63. The van der Waals surface area contributed by atoms with E-state index in [0.29, 0.717) is 24.4 Å². The zero-order valence-corrected chi connectivity index (χ0v) is 19.5. The van der Waals surface area contributed by atoms with Crippen molar-refractivity contribution < 1.29 is 24.2 Å². The molecule has 6 atom stereocenters. The van der Waals surface area contributed by atoms with E-state index in [4.69, 9.17) is 9.15 Å². The van der Waals surface area contributed by atoms with Crippen LogP contribution in [0.4, 0.5) is 0 Å². The van der Waals surface area contributed by atoms with Crippen molar-refractivity contribution in [2.24, 2.45) is 5.92 Å². The molecule has 1 amide bonds. The van der Waals surface area contributed by atoms with Gasteiger partial charge in [0.2, 0.25) is 5.91 Å². The van der Waals surface area contributed by atoms with Gasteiger partial charge in [0.1, 0.15) is 11.9 Å². The third-order valence-corrected chi connectivity index (χ3v) is 9.45. The zero-order chi connectivity index (χ0) is 23.2. The van der Waals surface area contributed by atoms with Gasteiger partial charge in [-0.3, -0.25) is 9.69 Å². The van der Waals surface area contributed by atoms with Gasteiger partial charge in [-0.05, 0) is 81.7 Å².